The zero-order valence-electron chi connectivity index (χ0n) is 11.0. The summed E-state index contributed by atoms with van der Waals surface area (Å²) < 4.78 is 27.9. The van der Waals surface area contributed by atoms with Crippen molar-refractivity contribution in [3.63, 3.8) is 0 Å². The van der Waals surface area contributed by atoms with Crippen molar-refractivity contribution < 1.29 is 8.42 Å². The maximum absolute atomic E-state index is 12.0. The summed E-state index contributed by atoms with van der Waals surface area (Å²) in [4.78, 5) is 3.91. The minimum Gasteiger partial charge on any atom is -0.320 e. The summed E-state index contributed by atoms with van der Waals surface area (Å²) in [6.45, 7) is 3.09. The first-order valence-electron chi connectivity index (χ1n) is 5.76. The van der Waals surface area contributed by atoms with Crippen molar-refractivity contribution in [1.29, 1.82) is 0 Å². The Morgan fingerprint density at radius 2 is 2.17 bits per heavy atom. The summed E-state index contributed by atoms with van der Waals surface area (Å²) in [5.74, 6) is 0. The standard InChI is InChI=1S/C11H20N4O2S/c1-10-5-7-13-9-11(10)14-18(16,17)15(3)8-4-6-12-2/h5,7,9,12,14H,4,6,8H2,1-3H3. The molecule has 1 heterocycles. The molecule has 6 nitrogen and oxygen atoms in total. The first-order chi connectivity index (χ1) is 8.47. The second-order valence-electron chi connectivity index (χ2n) is 4.08. The minimum atomic E-state index is -3.50. The SMILES string of the molecule is CNCCCN(C)S(=O)(=O)Nc1cnccc1C. The van der Waals surface area contributed by atoms with Crippen molar-refractivity contribution in [1.82, 2.24) is 14.6 Å². The Bertz CT molecular complexity index is 476. The summed E-state index contributed by atoms with van der Waals surface area (Å²) in [5.41, 5.74) is 1.36. The van der Waals surface area contributed by atoms with Gasteiger partial charge in [-0.05, 0) is 38.6 Å². The van der Waals surface area contributed by atoms with E-state index in [-0.39, 0.29) is 0 Å². The molecule has 18 heavy (non-hydrogen) atoms. The van der Waals surface area contributed by atoms with Gasteiger partial charge in [0.1, 0.15) is 0 Å². The third-order valence-corrected chi connectivity index (χ3v) is 4.07. The first-order valence-corrected chi connectivity index (χ1v) is 7.20. The number of hydrogen-bond donors (Lipinski definition) is 2. The minimum absolute atomic E-state index is 0.468. The maximum atomic E-state index is 12.0. The second-order valence-corrected chi connectivity index (χ2v) is 5.85. The topological polar surface area (TPSA) is 74.3 Å². The predicted octanol–water partition coefficient (Wildman–Crippen LogP) is 0.588. The van der Waals surface area contributed by atoms with E-state index in [1.807, 2.05) is 14.0 Å². The highest BCUT2D eigenvalue weighted by Gasteiger charge is 2.17. The highest BCUT2D eigenvalue weighted by atomic mass is 32.2. The van der Waals surface area contributed by atoms with Crippen molar-refractivity contribution in [3.05, 3.63) is 24.0 Å². The lowest BCUT2D eigenvalue weighted by Crippen LogP contribution is -2.34. The predicted molar refractivity (Wildman–Crippen MR) is 72.7 cm³/mol. The number of pyridine rings is 1. The first kappa shape index (κ1) is 14.9. The zero-order valence-corrected chi connectivity index (χ0v) is 11.8. The molecule has 1 aromatic rings. The van der Waals surface area contributed by atoms with Crippen LogP contribution in [0.3, 0.4) is 0 Å². The fourth-order valence-corrected chi connectivity index (χ4v) is 2.40. The van der Waals surface area contributed by atoms with Gasteiger partial charge in [-0.15, -0.1) is 0 Å². The molecule has 2 N–H and O–H groups in total. The van der Waals surface area contributed by atoms with Crippen molar-refractivity contribution in [2.45, 2.75) is 13.3 Å². The molecule has 1 aromatic heterocycles. The molecule has 0 saturated carbocycles. The largest absolute Gasteiger partial charge is 0.320 e. The Balaban J connectivity index is 2.67. The molecule has 0 unspecified atom stereocenters. The third kappa shape index (κ3) is 4.25. The average molecular weight is 272 g/mol. The third-order valence-electron chi connectivity index (χ3n) is 2.59. The lowest BCUT2D eigenvalue weighted by molar-refractivity contribution is 0.462. The maximum Gasteiger partial charge on any atom is 0.301 e. The van der Waals surface area contributed by atoms with Gasteiger partial charge in [0.2, 0.25) is 0 Å². The highest BCUT2D eigenvalue weighted by Crippen LogP contribution is 2.14. The number of aromatic nitrogens is 1. The Hall–Kier alpha value is -1.18. The van der Waals surface area contributed by atoms with Gasteiger partial charge in [-0.25, -0.2) is 0 Å². The van der Waals surface area contributed by atoms with Crippen LogP contribution in [-0.4, -0.2) is 44.9 Å². The van der Waals surface area contributed by atoms with Crippen molar-refractivity contribution in [2.75, 3.05) is 31.9 Å². The molecule has 0 atom stereocenters. The van der Waals surface area contributed by atoms with Crippen molar-refractivity contribution in [2.24, 2.45) is 0 Å². The molecule has 0 aliphatic carbocycles. The van der Waals surface area contributed by atoms with Crippen LogP contribution in [0.4, 0.5) is 5.69 Å². The van der Waals surface area contributed by atoms with Crippen LogP contribution in [0.1, 0.15) is 12.0 Å². The quantitative estimate of drug-likeness (QED) is 0.712. The normalized spacial score (nSPS) is 11.8. The highest BCUT2D eigenvalue weighted by molar-refractivity contribution is 7.90. The van der Waals surface area contributed by atoms with Crippen LogP contribution in [0, 0.1) is 6.92 Å². The summed E-state index contributed by atoms with van der Waals surface area (Å²) in [5, 5.41) is 2.98. The second kappa shape index (κ2) is 6.67. The molecule has 7 heteroatoms. The average Bonchev–Trinajstić information content (AvgIpc) is 2.32. The van der Waals surface area contributed by atoms with E-state index in [0.717, 1.165) is 18.5 Å². The fourth-order valence-electron chi connectivity index (χ4n) is 1.39. The van der Waals surface area contributed by atoms with Gasteiger partial charge in [0, 0.05) is 19.8 Å². The molecular weight excluding hydrogens is 252 g/mol. The molecule has 0 aromatic carbocycles. The number of nitrogens with zero attached hydrogens (tertiary/aromatic N) is 2. The van der Waals surface area contributed by atoms with Crippen LogP contribution < -0.4 is 10.0 Å². The lowest BCUT2D eigenvalue weighted by atomic mass is 10.3. The molecule has 0 aliphatic heterocycles. The summed E-state index contributed by atoms with van der Waals surface area (Å²) in [6.07, 6.45) is 3.90. The smallest absolute Gasteiger partial charge is 0.301 e. The molecule has 102 valence electrons. The molecule has 0 saturated heterocycles. The van der Waals surface area contributed by atoms with Gasteiger partial charge in [-0.1, -0.05) is 0 Å². The van der Waals surface area contributed by atoms with Gasteiger partial charge in [-0.3, -0.25) is 9.71 Å². The van der Waals surface area contributed by atoms with Crippen LogP contribution in [-0.2, 0) is 10.2 Å². The van der Waals surface area contributed by atoms with E-state index >= 15 is 0 Å². The van der Waals surface area contributed by atoms with E-state index in [4.69, 9.17) is 0 Å². The van der Waals surface area contributed by atoms with E-state index in [2.05, 4.69) is 15.0 Å². The molecule has 0 radical (unpaired) electrons. The Morgan fingerprint density at radius 3 is 2.78 bits per heavy atom. The van der Waals surface area contributed by atoms with E-state index in [1.54, 1.807) is 19.3 Å². The zero-order chi connectivity index (χ0) is 13.6. The Labute approximate surface area is 109 Å². The molecule has 1 rings (SSSR count). The number of nitrogens with one attached hydrogen (secondary N) is 2. The van der Waals surface area contributed by atoms with Crippen LogP contribution in [0.2, 0.25) is 0 Å². The van der Waals surface area contributed by atoms with Crippen LogP contribution in [0.5, 0.6) is 0 Å². The number of anilines is 1. The van der Waals surface area contributed by atoms with E-state index in [9.17, 15) is 8.42 Å². The monoisotopic (exact) mass is 272 g/mol. The van der Waals surface area contributed by atoms with E-state index in [1.165, 1.54) is 10.5 Å². The van der Waals surface area contributed by atoms with Gasteiger partial charge >= 0.3 is 10.2 Å². The van der Waals surface area contributed by atoms with E-state index in [0.29, 0.717) is 12.2 Å². The molecule has 0 amide bonds. The molecule has 0 fully saturated rings. The van der Waals surface area contributed by atoms with Crippen LogP contribution >= 0.6 is 0 Å². The van der Waals surface area contributed by atoms with Crippen LogP contribution in [0.15, 0.2) is 18.5 Å². The number of hydrogen-bond acceptors (Lipinski definition) is 4. The molecule has 0 spiro atoms. The van der Waals surface area contributed by atoms with Crippen LogP contribution in [0.25, 0.3) is 0 Å². The van der Waals surface area contributed by atoms with Crippen molar-refractivity contribution >= 4 is 15.9 Å². The van der Waals surface area contributed by atoms with Gasteiger partial charge < -0.3 is 5.32 Å². The molecule has 0 bridgehead atoms. The lowest BCUT2D eigenvalue weighted by Gasteiger charge is -2.18. The Morgan fingerprint density at radius 1 is 1.44 bits per heavy atom. The van der Waals surface area contributed by atoms with Gasteiger partial charge in [-0.2, -0.15) is 12.7 Å². The van der Waals surface area contributed by atoms with Gasteiger partial charge in [0.15, 0.2) is 0 Å². The van der Waals surface area contributed by atoms with Crippen molar-refractivity contribution in [3.8, 4) is 0 Å². The fraction of sp³-hybridized carbons (Fsp3) is 0.545. The molecular formula is C11H20N4O2S. The Kier molecular flexibility index (Phi) is 5.52. The summed E-state index contributed by atoms with van der Waals surface area (Å²) in [7, 11) is -0.102. The number of aryl methyl sites for hydroxylation is 1. The summed E-state index contributed by atoms with van der Waals surface area (Å²) in [6, 6.07) is 1.76. The summed E-state index contributed by atoms with van der Waals surface area (Å²) >= 11 is 0. The van der Waals surface area contributed by atoms with Gasteiger partial charge in [0.05, 0.1) is 11.9 Å². The van der Waals surface area contributed by atoms with E-state index < -0.39 is 10.2 Å². The van der Waals surface area contributed by atoms with Gasteiger partial charge in [0.25, 0.3) is 0 Å². The number of rotatable bonds is 7. The molecule has 0 aliphatic rings.